The summed E-state index contributed by atoms with van der Waals surface area (Å²) in [4.78, 5) is 2.18. The lowest BCUT2D eigenvalue weighted by molar-refractivity contribution is 0.0260. The van der Waals surface area contributed by atoms with E-state index in [1.54, 1.807) is 0 Å². The standard InChI is InChI=1S/C13H22N4O/c1-17(9-13(18)5-6-14-8-13)7-12-10-3-2-4-11(10)15-16-12/h14,18H,2-9H2,1H3,(H,15,16)/t13-/m0/s1. The Balaban J connectivity index is 1.62. The van der Waals surface area contributed by atoms with E-state index in [0.29, 0.717) is 13.1 Å². The van der Waals surface area contributed by atoms with Gasteiger partial charge in [0, 0.05) is 25.3 Å². The van der Waals surface area contributed by atoms with Crippen LogP contribution >= 0.6 is 0 Å². The lowest BCUT2D eigenvalue weighted by Gasteiger charge is -2.27. The van der Waals surface area contributed by atoms with Crippen molar-refractivity contribution in [1.29, 1.82) is 0 Å². The molecule has 2 aliphatic rings. The number of aromatic amines is 1. The Bertz CT molecular complexity index is 423. The van der Waals surface area contributed by atoms with Crippen LogP contribution in [0.5, 0.6) is 0 Å². The van der Waals surface area contributed by atoms with Crippen LogP contribution in [0.15, 0.2) is 0 Å². The molecule has 0 aromatic carbocycles. The first-order valence-electron chi connectivity index (χ1n) is 6.83. The molecule has 0 amide bonds. The van der Waals surface area contributed by atoms with Gasteiger partial charge in [-0.2, -0.15) is 5.10 Å². The third-order valence-corrected chi connectivity index (χ3v) is 4.10. The number of β-amino-alcohol motifs (C(OH)–C–C–N with tert-alkyl or cyclic N) is 1. The Morgan fingerprint density at radius 2 is 2.33 bits per heavy atom. The van der Waals surface area contributed by atoms with E-state index in [-0.39, 0.29) is 0 Å². The number of hydrogen-bond acceptors (Lipinski definition) is 4. The van der Waals surface area contributed by atoms with Crippen molar-refractivity contribution in [2.45, 2.75) is 37.8 Å². The Morgan fingerprint density at radius 1 is 1.44 bits per heavy atom. The van der Waals surface area contributed by atoms with E-state index in [1.165, 1.54) is 23.4 Å². The highest BCUT2D eigenvalue weighted by atomic mass is 16.3. The number of fused-ring (bicyclic) bond motifs is 1. The highest BCUT2D eigenvalue weighted by Gasteiger charge is 2.32. The predicted octanol–water partition coefficient (Wildman–Crippen LogP) is 0.0546. The van der Waals surface area contributed by atoms with Crippen LogP contribution in [0.3, 0.4) is 0 Å². The summed E-state index contributed by atoms with van der Waals surface area (Å²) in [6.45, 7) is 3.16. The fourth-order valence-corrected chi connectivity index (χ4v) is 3.20. The van der Waals surface area contributed by atoms with Crippen molar-refractivity contribution in [2.24, 2.45) is 0 Å². The van der Waals surface area contributed by atoms with Crippen LogP contribution in [0.2, 0.25) is 0 Å². The predicted molar refractivity (Wildman–Crippen MR) is 69.4 cm³/mol. The minimum atomic E-state index is -0.561. The summed E-state index contributed by atoms with van der Waals surface area (Å²) < 4.78 is 0. The summed E-state index contributed by atoms with van der Waals surface area (Å²) in [6, 6.07) is 0. The van der Waals surface area contributed by atoms with E-state index in [1.807, 2.05) is 0 Å². The minimum absolute atomic E-state index is 0.561. The maximum absolute atomic E-state index is 10.4. The van der Waals surface area contributed by atoms with Crippen molar-refractivity contribution in [3.8, 4) is 0 Å². The van der Waals surface area contributed by atoms with E-state index in [2.05, 4.69) is 27.5 Å². The minimum Gasteiger partial charge on any atom is -0.387 e. The fourth-order valence-electron chi connectivity index (χ4n) is 3.20. The second-order valence-corrected chi connectivity index (χ2v) is 5.80. The molecular weight excluding hydrogens is 228 g/mol. The summed E-state index contributed by atoms with van der Waals surface area (Å²) in [5.74, 6) is 0. The quantitative estimate of drug-likeness (QED) is 0.707. The van der Waals surface area contributed by atoms with Crippen LogP contribution in [0.4, 0.5) is 0 Å². The van der Waals surface area contributed by atoms with Gasteiger partial charge in [-0.05, 0) is 44.8 Å². The first-order chi connectivity index (χ1) is 8.66. The molecule has 0 saturated carbocycles. The molecule has 5 heteroatoms. The second-order valence-electron chi connectivity index (χ2n) is 5.80. The fraction of sp³-hybridized carbons (Fsp3) is 0.769. The van der Waals surface area contributed by atoms with Crippen LogP contribution < -0.4 is 5.32 Å². The zero-order valence-corrected chi connectivity index (χ0v) is 11.0. The summed E-state index contributed by atoms with van der Waals surface area (Å²) in [7, 11) is 2.06. The summed E-state index contributed by atoms with van der Waals surface area (Å²) in [6.07, 6.45) is 4.38. The Hall–Kier alpha value is -0.910. The third kappa shape index (κ3) is 2.30. The molecule has 1 fully saturated rings. The molecule has 2 heterocycles. The van der Waals surface area contributed by atoms with Crippen molar-refractivity contribution < 1.29 is 5.11 Å². The highest BCUT2D eigenvalue weighted by Crippen LogP contribution is 2.24. The highest BCUT2D eigenvalue weighted by molar-refractivity contribution is 5.29. The van der Waals surface area contributed by atoms with Crippen molar-refractivity contribution in [3.05, 3.63) is 17.0 Å². The number of hydrogen-bond donors (Lipinski definition) is 3. The average molecular weight is 250 g/mol. The van der Waals surface area contributed by atoms with Crippen LogP contribution in [-0.4, -0.2) is 52.5 Å². The summed E-state index contributed by atoms with van der Waals surface area (Å²) >= 11 is 0. The van der Waals surface area contributed by atoms with Gasteiger partial charge in [0.1, 0.15) is 0 Å². The molecule has 1 aromatic rings. The Morgan fingerprint density at radius 3 is 3.11 bits per heavy atom. The molecule has 1 aliphatic heterocycles. The smallest absolute Gasteiger partial charge is 0.0909 e. The topological polar surface area (TPSA) is 64.2 Å². The van der Waals surface area contributed by atoms with E-state index in [4.69, 9.17) is 0 Å². The SMILES string of the molecule is CN(Cc1n[nH]c2c1CCC2)C[C@]1(O)CCNC1. The molecule has 0 spiro atoms. The number of nitrogens with zero attached hydrogens (tertiary/aromatic N) is 2. The van der Waals surface area contributed by atoms with Gasteiger partial charge in [-0.25, -0.2) is 0 Å². The van der Waals surface area contributed by atoms with E-state index >= 15 is 0 Å². The van der Waals surface area contributed by atoms with Crippen LogP contribution in [0.25, 0.3) is 0 Å². The molecule has 18 heavy (non-hydrogen) atoms. The maximum atomic E-state index is 10.4. The van der Waals surface area contributed by atoms with Gasteiger partial charge in [0.15, 0.2) is 0 Å². The summed E-state index contributed by atoms with van der Waals surface area (Å²) in [5, 5.41) is 21.1. The average Bonchev–Trinajstić information content (AvgIpc) is 2.97. The van der Waals surface area contributed by atoms with Gasteiger partial charge < -0.3 is 10.4 Å². The van der Waals surface area contributed by atoms with Gasteiger partial charge >= 0.3 is 0 Å². The molecule has 1 aliphatic carbocycles. The molecule has 3 rings (SSSR count). The van der Waals surface area contributed by atoms with Crippen LogP contribution in [0, 0.1) is 0 Å². The van der Waals surface area contributed by atoms with Gasteiger partial charge in [0.2, 0.25) is 0 Å². The number of rotatable bonds is 4. The summed E-state index contributed by atoms with van der Waals surface area (Å²) in [5.41, 5.74) is 3.34. The molecule has 0 unspecified atom stereocenters. The van der Waals surface area contributed by atoms with E-state index in [9.17, 15) is 5.11 Å². The molecule has 3 N–H and O–H groups in total. The molecule has 1 atom stereocenters. The molecule has 1 aromatic heterocycles. The van der Waals surface area contributed by atoms with Crippen molar-refractivity contribution in [2.75, 3.05) is 26.7 Å². The molecular formula is C13H22N4O. The lowest BCUT2D eigenvalue weighted by Crippen LogP contribution is -2.43. The zero-order chi connectivity index (χ0) is 12.6. The monoisotopic (exact) mass is 250 g/mol. The molecule has 0 radical (unpaired) electrons. The van der Waals surface area contributed by atoms with Crippen molar-refractivity contribution in [1.82, 2.24) is 20.4 Å². The molecule has 1 saturated heterocycles. The van der Waals surface area contributed by atoms with Gasteiger partial charge in [0.25, 0.3) is 0 Å². The van der Waals surface area contributed by atoms with E-state index in [0.717, 1.165) is 32.4 Å². The normalized spacial score (nSPS) is 27.1. The van der Waals surface area contributed by atoms with Crippen molar-refractivity contribution in [3.63, 3.8) is 0 Å². The molecule has 0 bridgehead atoms. The number of aryl methyl sites for hydroxylation is 1. The van der Waals surface area contributed by atoms with E-state index < -0.39 is 5.60 Å². The molecule has 5 nitrogen and oxygen atoms in total. The Labute approximate surface area is 108 Å². The third-order valence-electron chi connectivity index (χ3n) is 4.10. The van der Waals surface area contributed by atoms with Crippen molar-refractivity contribution >= 4 is 0 Å². The number of H-pyrrole nitrogens is 1. The first kappa shape index (κ1) is 12.1. The van der Waals surface area contributed by atoms with Gasteiger partial charge in [0.05, 0.1) is 11.3 Å². The zero-order valence-electron chi connectivity index (χ0n) is 11.0. The number of nitrogens with one attached hydrogen (secondary N) is 2. The van der Waals surface area contributed by atoms with Crippen LogP contribution in [-0.2, 0) is 19.4 Å². The largest absolute Gasteiger partial charge is 0.387 e. The van der Waals surface area contributed by atoms with Gasteiger partial charge in [-0.3, -0.25) is 10.00 Å². The first-order valence-corrected chi connectivity index (χ1v) is 6.83. The maximum Gasteiger partial charge on any atom is 0.0909 e. The van der Waals surface area contributed by atoms with Gasteiger partial charge in [-0.1, -0.05) is 0 Å². The molecule has 100 valence electrons. The van der Waals surface area contributed by atoms with Crippen LogP contribution in [0.1, 0.15) is 29.8 Å². The Kier molecular flexibility index (Phi) is 3.13. The number of likely N-dealkylation sites (N-methyl/N-ethyl adjacent to an activating group) is 1. The van der Waals surface area contributed by atoms with Gasteiger partial charge in [-0.15, -0.1) is 0 Å². The lowest BCUT2D eigenvalue weighted by atomic mass is 10.0. The second kappa shape index (κ2) is 4.64. The number of aliphatic hydroxyl groups is 1. The number of aromatic nitrogens is 2.